The monoisotopic (exact) mass is 478 g/mol. The molecule has 1 saturated heterocycles. The first-order chi connectivity index (χ1) is 15.9. The SMILES string of the molecule is O=c1[nH]c2c(N3CCC(CCCCCCc4ccc(OC(F)(F)F)cc4)CC3)cccc2s1. The number of nitrogens with zero attached hydrogens (tertiary/aromatic N) is 1. The van der Waals surface area contributed by atoms with Crippen molar-refractivity contribution < 1.29 is 17.9 Å². The Morgan fingerprint density at radius 3 is 2.45 bits per heavy atom. The van der Waals surface area contributed by atoms with Crippen LogP contribution in [0, 0.1) is 5.92 Å². The van der Waals surface area contributed by atoms with Gasteiger partial charge in [0.15, 0.2) is 0 Å². The van der Waals surface area contributed by atoms with Crippen LogP contribution in [-0.2, 0) is 6.42 Å². The third kappa shape index (κ3) is 6.76. The lowest BCUT2D eigenvalue weighted by Gasteiger charge is -2.34. The summed E-state index contributed by atoms with van der Waals surface area (Å²) in [4.78, 5) is 17.1. The highest BCUT2D eigenvalue weighted by atomic mass is 32.1. The number of fused-ring (bicyclic) bond motifs is 1. The summed E-state index contributed by atoms with van der Waals surface area (Å²) in [5.74, 6) is 0.584. The summed E-state index contributed by atoms with van der Waals surface area (Å²) in [6.07, 6.45) is 4.41. The van der Waals surface area contributed by atoms with Crippen molar-refractivity contribution in [2.45, 2.75) is 57.7 Å². The number of unbranched alkanes of at least 4 members (excludes halogenated alkanes) is 3. The molecule has 178 valence electrons. The van der Waals surface area contributed by atoms with E-state index in [-0.39, 0.29) is 10.6 Å². The number of piperidine rings is 1. The van der Waals surface area contributed by atoms with Gasteiger partial charge in [-0.15, -0.1) is 13.2 Å². The lowest BCUT2D eigenvalue weighted by Crippen LogP contribution is -2.33. The van der Waals surface area contributed by atoms with Crippen LogP contribution in [0.5, 0.6) is 5.75 Å². The topological polar surface area (TPSA) is 45.3 Å². The molecule has 2 aromatic carbocycles. The zero-order chi connectivity index (χ0) is 23.3. The fourth-order valence-corrected chi connectivity index (χ4v) is 5.41. The summed E-state index contributed by atoms with van der Waals surface area (Å²) < 4.78 is 41.6. The third-order valence-corrected chi connectivity index (χ3v) is 7.22. The van der Waals surface area contributed by atoms with E-state index in [9.17, 15) is 18.0 Å². The maximum Gasteiger partial charge on any atom is 0.573 e. The average molecular weight is 479 g/mol. The smallest absolute Gasteiger partial charge is 0.406 e. The Labute approximate surface area is 195 Å². The van der Waals surface area contributed by atoms with Crippen LogP contribution in [-0.4, -0.2) is 24.4 Å². The molecule has 0 saturated carbocycles. The first-order valence-electron chi connectivity index (χ1n) is 11.6. The van der Waals surface area contributed by atoms with E-state index in [1.165, 1.54) is 55.6 Å². The van der Waals surface area contributed by atoms with Crippen molar-refractivity contribution in [3.63, 3.8) is 0 Å². The summed E-state index contributed by atoms with van der Waals surface area (Å²) in [6, 6.07) is 12.3. The molecule has 1 aliphatic heterocycles. The van der Waals surface area contributed by atoms with Gasteiger partial charge in [-0.25, -0.2) is 0 Å². The highest BCUT2D eigenvalue weighted by Gasteiger charge is 2.30. The molecule has 1 aromatic heterocycles. The molecule has 0 radical (unpaired) electrons. The fraction of sp³-hybridized carbons (Fsp3) is 0.480. The number of benzene rings is 2. The number of hydrogen-bond acceptors (Lipinski definition) is 4. The molecule has 0 atom stereocenters. The number of aryl methyl sites for hydroxylation is 1. The molecular formula is C25H29F3N2O2S. The molecule has 0 unspecified atom stereocenters. The molecule has 1 aliphatic rings. The van der Waals surface area contributed by atoms with E-state index < -0.39 is 6.36 Å². The Hall–Kier alpha value is -2.48. The second-order valence-electron chi connectivity index (χ2n) is 8.74. The second-order valence-corrected chi connectivity index (χ2v) is 9.75. The molecule has 3 aromatic rings. The number of halogens is 3. The Morgan fingerprint density at radius 2 is 1.73 bits per heavy atom. The number of nitrogens with one attached hydrogen (secondary N) is 1. The molecule has 4 rings (SSSR count). The van der Waals surface area contributed by atoms with Gasteiger partial charge in [0, 0.05) is 13.1 Å². The van der Waals surface area contributed by atoms with Crippen molar-refractivity contribution in [3.8, 4) is 5.75 Å². The van der Waals surface area contributed by atoms with Gasteiger partial charge in [-0.2, -0.15) is 0 Å². The molecule has 4 nitrogen and oxygen atoms in total. The van der Waals surface area contributed by atoms with Crippen LogP contribution in [0.2, 0.25) is 0 Å². The standard InChI is InChI=1S/C25H29F3N2O2S/c26-25(27,28)32-20-12-10-18(11-13-20)6-3-1-2-4-7-19-14-16-30(17-15-19)21-8-5-9-22-23(21)29-24(31)33-22/h5,8-13,19H,1-4,6-7,14-17H2,(H,29,31). The van der Waals surface area contributed by atoms with E-state index in [4.69, 9.17) is 0 Å². The van der Waals surface area contributed by atoms with E-state index in [0.29, 0.717) is 0 Å². The van der Waals surface area contributed by atoms with Gasteiger partial charge in [-0.1, -0.05) is 55.2 Å². The number of para-hydroxylation sites is 1. The predicted molar refractivity (Wildman–Crippen MR) is 127 cm³/mol. The van der Waals surface area contributed by atoms with Crippen molar-refractivity contribution in [1.82, 2.24) is 4.98 Å². The molecule has 2 heterocycles. The lowest BCUT2D eigenvalue weighted by atomic mass is 9.90. The number of rotatable bonds is 9. The average Bonchev–Trinajstić information content (AvgIpc) is 3.17. The largest absolute Gasteiger partial charge is 0.573 e. The second kappa shape index (κ2) is 10.6. The Bertz CT molecular complexity index is 1080. The summed E-state index contributed by atoms with van der Waals surface area (Å²) >= 11 is 1.27. The molecule has 0 spiro atoms. The van der Waals surface area contributed by atoms with Crippen molar-refractivity contribution in [2.24, 2.45) is 5.92 Å². The summed E-state index contributed by atoms with van der Waals surface area (Å²) in [6.45, 7) is 2.05. The van der Waals surface area contributed by atoms with Gasteiger partial charge in [0.1, 0.15) is 5.75 Å². The molecule has 1 fully saturated rings. The number of aromatic amines is 1. The van der Waals surface area contributed by atoms with Gasteiger partial charge in [0.25, 0.3) is 0 Å². The van der Waals surface area contributed by atoms with Crippen LogP contribution in [0.15, 0.2) is 47.3 Å². The Balaban J connectivity index is 1.12. The third-order valence-electron chi connectivity index (χ3n) is 6.37. The molecule has 0 bridgehead atoms. The van der Waals surface area contributed by atoms with E-state index in [1.54, 1.807) is 12.1 Å². The highest BCUT2D eigenvalue weighted by molar-refractivity contribution is 7.16. The normalized spacial score (nSPS) is 15.3. The van der Waals surface area contributed by atoms with Crippen molar-refractivity contribution in [3.05, 3.63) is 57.7 Å². The maximum absolute atomic E-state index is 12.2. The summed E-state index contributed by atoms with van der Waals surface area (Å²) in [5, 5.41) is 0. The van der Waals surface area contributed by atoms with Gasteiger partial charge in [-0.05, 0) is 61.4 Å². The van der Waals surface area contributed by atoms with Crippen LogP contribution < -0.4 is 14.5 Å². The number of alkyl halides is 3. The molecule has 1 N–H and O–H groups in total. The van der Waals surface area contributed by atoms with E-state index in [2.05, 4.69) is 20.7 Å². The van der Waals surface area contributed by atoms with Crippen molar-refractivity contribution >= 4 is 27.2 Å². The molecule has 33 heavy (non-hydrogen) atoms. The highest BCUT2D eigenvalue weighted by Crippen LogP contribution is 2.31. The van der Waals surface area contributed by atoms with E-state index in [0.717, 1.165) is 59.7 Å². The molecule has 0 amide bonds. The minimum absolute atomic E-state index is 0.000166. The number of aromatic nitrogens is 1. The van der Waals surface area contributed by atoms with Crippen molar-refractivity contribution in [2.75, 3.05) is 18.0 Å². The number of thiazole rings is 1. The minimum Gasteiger partial charge on any atom is -0.406 e. The quantitative estimate of drug-likeness (QED) is 0.340. The van der Waals surface area contributed by atoms with Gasteiger partial charge < -0.3 is 14.6 Å². The Kier molecular flexibility index (Phi) is 7.63. The molecular weight excluding hydrogens is 449 g/mol. The van der Waals surface area contributed by atoms with Crippen LogP contribution >= 0.6 is 11.3 Å². The fourth-order valence-electron chi connectivity index (χ4n) is 4.66. The zero-order valence-electron chi connectivity index (χ0n) is 18.5. The lowest BCUT2D eigenvalue weighted by molar-refractivity contribution is -0.274. The van der Waals surface area contributed by atoms with Crippen LogP contribution in [0.3, 0.4) is 0 Å². The van der Waals surface area contributed by atoms with Gasteiger partial charge >= 0.3 is 11.2 Å². The van der Waals surface area contributed by atoms with Crippen molar-refractivity contribution in [1.29, 1.82) is 0 Å². The predicted octanol–water partition coefficient (Wildman–Crippen LogP) is 6.90. The summed E-state index contributed by atoms with van der Waals surface area (Å²) in [5.41, 5.74) is 3.15. The first kappa shape index (κ1) is 23.7. The van der Waals surface area contributed by atoms with Gasteiger partial charge in [0.05, 0.1) is 15.9 Å². The van der Waals surface area contributed by atoms with Gasteiger partial charge in [0.2, 0.25) is 0 Å². The maximum atomic E-state index is 12.2. The number of H-pyrrole nitrogens is 1. The van der Waals surface area contributed by atoms with Crippen LogP contribution in [0.1, 0.15) is 50.5 Å². The van der Waals surface area contributed by atoms with Crippen LogP contribution in [0.25, 0.3) is 10.2 Å². The number of hydrogen-bond donors (Lipinski definition) is 1. The molecule has 0 aliphatic carbocycles. The minimum atomic E-state index is -4.64. The van der Waals surface area contributed by atoms with Gasteiger partial charge in [-0.3, -0.25) is 4.79 Å². The summed E-state index contributed by atoms with van der Waals surface area (Å²) in [7, 11) is 0. The molecule has 8 heteroatoms. The first-order valence-corrected chi connectivity index (χ1v) is 12.4. The Morgan fingerprint density at radius 1 is 1.00 bits per heavy atom. The number of ether oxygens (including phenoxy) is 1. The van der Waals surface area contributed by atoms with Crippen LogP contribution in [0.4, 0.5) is 18.9 Å². The zero-order valence-corrected chi connectivity index (χ0v) is 19.3. The van der Waals surface area contributed by atoms with E-state index in [1.807, 2.05) is 12.1 Å². The van der Waals surface area contributed by atoms with E-state index >= 15 is 0 Å². The number of anilines is 1.